The Balaban J connectivity index is 1.57. The van der Waals surface area contributed by atoms with Crippen LogP contribution in [0.4, 0.5) is 0 Å². The van der Waals surface area contributed by atoms with Gasteiger partial charge in [-0.3, -0.25) is 0 Å². The summed E-state index contributed by atoms with van der Waals surface area (Å²) in [5, 5.41) is 0. The van der Waals surface area contributed by atoms with Gasteiger partial charge in [-0.2, -0.15) is 0 Å². The summed E-state index contributed by atoms with van der Waals surface area (Å²) in [6.45, 7) is 5.39. The molecule has 1 heteroatoms. The molecular formula is C18H34O. The standard InChI is InChI=1S/C18H34O/c1-3-15-5-7-16(8-6-15)9-10-17-11-13-18(14-12-17)19-4-2/h15-18H,3-14H2,1-2H3/t15-,16-,17-,18-. The summed E-state index contributed by atoms with van der Waals surface area (Å²) in [5.41, 5.74) is 0. The number of hydrogen-bond donors (Lipinski definition) is 0. The lowest BCUT2D eigenvalue weighted by Gasteiger charge is -2.31. The van der Waals surface area contributed by atoms with Crippen molar-refractivity contribution in [2.75, 3.05) is 6.61 Å². The molecule has 0 radical (unpaired) electrons. The minimum absolute atomic E-state index is 0.584. The van der Waals surface area contributed by atoms with Crippen molar-refractivity contribution in [2.24, 2.45) is 17.8 Å². The molecule has 0 bridgehead atoms. The lowest BCUT2D eigenvalue weighted by Crippen LogP contribution is -2.22. The Morgan fingerprint density at radius 2 is 1.16 bits per heavy atom. The van der Waals surface area contributed by atoms with Crippen molar-refractivity contribution in [3.05, 3.63) is 0 Å². The zero-order valence-electron chi connectivity index (χ0n) is 13.2. The first-order chi connectivity index (χ1) is 9.31. The lowest BCUT2D eigenvalue weighted by molar-refractivity contribution is 0.0238. The van der Waals surface area contributed by atoms with Crippen molar-refractivity contribution in [3.63, 3.8) is 0 Å². The maximum absolute atomic E-state index is 5.75. The Hall–Kier alpha value is -0.0400. The molecule has 19 heavy (non-hydrogen) atoms. The molecule has 2 saturated carbocycles. The molecule has 0 aliphatic heterocycles. The maximum atomic E-state index is 5.75. The molecule has 1 nitrogen and oxygen atoms in total. The molecule has 0 aromatic rings. The Bertz CT molecular complexity index is 222. The van der Waals surface area contributed by atoms with E-state index in [2.05, 4.69) is 13.8 Å². The summed E-state index contributed by atoms with van der Waals surface area (Å²) in [7, 11) is 0. The fourth-order valence-corrected chi connectivity index (χ4v) is 4.22. The zero-order chi connectivity index (χ0) is 13.5. The van der Waals surface area contributed by atoms with Gasteiger partial charge in [0.2, 0.25) is 0 Å². The van der Waals surface area contributed by atoms with Gasteiger partial charge < -0.3 is 4.74 Å². The Labute approximate surface area is 120 Å². The van der Waals surface area contributed by atoms with Gasteiger partial charge in [0, 0.05) is 6.61 Å². The number of hydrogen-bond acceptors (Lipinski definition) is 1. The highest BCUT2D eigenvalue weighted by Crippen LogP contribution is 2.36. The highest BCUT2D eigenvalue weighted by molar-refractivity contribution is 4.76. The van der Waals surface area contributed by atoms with Gasteiger partial charge in [-0.15, -0.1) is 0 Å². The van der Waals surface area contributed by atoms with E-state index in [1.54, 1.807) is 0 Å². The Kier molecular flexibility index (Phi) is 6.70. The van der Waals surface area contributed by atoms with Crippen molar-refractivity contribution in [2.45, 2.75) is 90.6 Å². The second-order valence-corrected chi connectivity index (χ2v) is 6.97. The van der Waals surface area contributed by atoms with E-state index in [-0.39, 0.29) is 0 Å². The molecule has 0 N–H and O–H groups in total. The second kappa shape index (κ2) is 8.29. The molecule has 0 saturated heterocycles. The summed E-state index contributed by atoms with van der Waals surface area (Å²) in [6.07, 6.45) is 16.6. The SMILES string of the molecule is CCO[C@H]1CC[C@H](CC[C@H]2CC[C@H](CC)CC2)CC1. The molecule has 112 valence electrons. The minimum Gasteiger partial charge on any atom is -0.379 e. The van der Waals surface area contributed by atoms with Crippen LogP contribution in [0.15, 0.2) is 0 Å². The van der Waals surface area contributed by atoms with Crippen LogP contribution in [0.3, 0.4) is 0 Å². The van der Waals surface area contributed by atoms with Gasteiger partial charge in [0.25, 0.3) is 0 Å². The summed E-state index contributed by atoms with van der Waals surface area (Å²) >= 11 is 0. The smallest absolute Gasteiger partial charge is 0.0575 e. The molecule has 2 aliphatic rings. The Morgan fingerprint density at radius 3 is 1.63 bits per heavy atom. The zero-order valence-corrected chi connectivity index (χ0v) is 13.2. The van der Waals surface area contributed by atoms with E-state index >= 15 is 0 Å². The van der Waals surface area contributed by atoms with Gasteiger partial charge in [-0.1, -0.05) is 51.9 Å². The molecule has 0 spiro atoms. The summed E-state index contributed by atoms with van der Waals surface area (Å²) in [4.78, 5) is 0. The number of ether oxygens (including phenoxy) is 1. The van der Waals surface area contributed by atoms with Gasteiger partial charge in [0.05, 0.1) is 6.10 Å². The minimum atomic E-state index is 0.584. The molecule has 0 unspecified atom stereocenters. The van der Waals surface area contributed by atoms with Crippen LogP contribution in [0.1, 0.15) is 84.5 Å². The van der Waals surface area contributed by atoms with Crippen molar-refractivity contribution in [3.8, 4) is 0 Å². The van der Waals surface area contributed by atoms with Crippen molar-refractivity contribution in [1.29, 1.82) is 0 Å². The van der Waals surface area contributed by atoms with Crippen LogP contribution in [-0.2, 0) is 4.74 Å². The molecule has 0 aromatic carbocycles. The number of rotatable bonds is 6. The molecule has 0 atom stereocenters. The molecule has 2 fully saturated rings. The quantitative estimate of drug-likeness (QED) is 0.610. The molecular weight excluding hydrogens is 232 g/mol. The summed E-state index contributed by atoms with van der Waals surface area (Å²) < 4.78 is 5.75. The van der Waals surface area contributed by atoms with Crippen LogP contribution < -0.4 is 0 Å². The van der Waals surface area contributed by atoms with Crippen LogP contribution >= 0.6 is 0 Å². The molecule has 0 aromatic heterocycles. The largest absolute Gasteiger partial charge is 0.379 e. The van der Waals surface area contributed by atoms with E-state index in [0.29, 0.717) is 6.10 Å². The van der Waals surface area contributed by atoms with Crippen LogP contribution in [0.2, 0.25) is 0 Å². The first-order valence-electron chi connectivity index (χ1n) is 8.93. The van der Waals surface area contributed by atoms with Gasteiger partial charge in [-0.05, 0) is 50.4 Å². The average molecular weight is 266 g/mol. The first kappa shape index (κ1) is 15.4. The van der Waals surface area contributed by atoms with Crippen molar-refractivity contribution >= 4 is 0 Å². The monoisotopic (exact) mass is 266 g/mol. The van der Waals surface area contributed by atoms with Crippen LogP contribution in [0, 0.1) is 17.8 Å². The van der Waals surface area contributed by atoms with Crippen LogP contribution in [0.25, 0.3) is 0 Å². The van der Waals surface area contributed by atoms with Crippen LogP contribution in [0.5, 0.6) is 0 Å². The van der Waals surface area contributed by atoms with E-state index < -0.39 is 0 Å². The third kappa shape index (κ3) is 5.10. The van der Waals surface area contributed by atoms with Gasteiger partial charge in [0.15, 0.2) is 0 Å². The first-order valence-corrected chi connectivity index (χ1v) is 8.93. The molecule has 2 rings (SSSR count). The van der Waals surface area contributed by atoms with Crippen molar-refractivity contribution in [1.82, 2.24) is 0 Å². The predicted molar refractivity (Wildman–Crippen MR) is 82.3 cm³/mol. The van der Waals surface area contributed by atoms with E-state index in [0.717, 1.165) is 24.4 Å². The van der Waals surface area contributed by atoms with E-state index in [1.807, 2.05) is 0 Å². The van der Waals surface area contributed by atoms with Gasteiger partial charge in [0.1, 0.15) is 0 Å². The molecule has 2 aliphatic carbocycles. The van der Waals surface area contributed by atoms with Gasteiger partial charge in [-0.25, -0.2) is 0 Å². The fourth-order valence-electron chi connectivity index (χ4n) is 4.22. The van der Waals surface area contributed by atoms with Crippen molar-refractivity contribution < 1.29 is 4.74 Å². The molecule has 0 heterocycles. The third-order valence-corrected chi connectivity index (χ3v) is 5.72. The lowest BCUT2D eigenvalue weighted by atomic mass is 9.76. The van der Waals surface area contributed by atoms with E-state index in [9.17, 15) is 0 Å². The summed E-state index contributed by atoms with van der Waals surface area (Å²) in [5.74, 6) is 3.13. The third-order valence-electron chi connectivity index (χ3n) is 5.72. The normalized spacial score (nSPS) is 36.3. The molecule has 0 amide bonds. The van der Waals surface area contributed by atoms with E-state index in [1.165, 1.54) is 70.6 Å². The highest BCUT2D eigenvalue weighted by Gasteiger charge is 2.24. The fraction of sp³-hybridized carbons (Fsp3) is 1.00. The summed E-state index contributed by atoms with van der Waals surface area (Å²) in [6, 6.07) is 0. The van der Waals surface area contributed by atoms with Gasteiger partial charge >= 0.3 is 0 Å². The topological polar surface area (TPSA) is 9.23 Å². The van der Waals surface area contributed by atoms with Crippen LogP contribution in [-0.4, -0.2) is 12.7 Å². The average Bonchev–Trinajstić information content (AvgIpc) is 2.47. The van der Waals surface area contributed by atoms with E-state index in [4.69, 9.17) is 4.74 Å². The second-order valence-electron chi connectivity index (χ2n) is 6.97. The maximum Gasteiger partial charge on any atom is 0.0575 e. The Morgan fingerprint density at radius 1 is 0.684 bits per heavy atom. The highest BCUT2D eigenvalue weighted by atomic mass is 16.5. The predicted octanol–water partition coefficient (Wildman–Crippen LogP) is 5.58.